The van der Waals surface area contributed by atoms with Crippen molar-refractivity contribution >= 4 is 17.7 Å². The summed E-state index contributed by atoms with van der Waals surface area (Å²) in [6.45, 7) is 19.2. The second-order valence-electron chi connectivity index (χ2n) is 14.8. The van der Waals surface area contributed by atoms with Crippen molar-refractivity contribution in [3.05, 3.63) is 23.8 Å². The summed E-state index contributed by atoms with van der Waals surface area (Å²) in [6, 6.07) is -0.167. The zero-order valence-electron chi connectivity index (χ0n) is 26.3. The lowest BCUT2D eigenvalue weighted by Crippen LogP contribution is -2.58. The SMILES string of the molecule is CC1CC=C(C(CCC(C)(C)C)N(C(=O)C(=N)N2CCOCC2C)C2CCC(C(C)(C)C)CC2)C=CC1C(=O)O. The Morgan fingerprint density at radius 3 is 2.33 bits per heavy atom. The Labute approximate surface area is 242 Å². The number of amides is 1. The number of carboxylic acid groups (broad SMARTS) is 1. The van der Waals surface area contributed by atoms with Crippen molar-refractivity contribution in [1.82, 2.24) is 9.80 Å². The first-order valence-corrected chi connectivity index (χ1v) is 15.5. The summed E-state index contributed by atoms with van der Waals surface area (Å²) in [4.78, 5) is 30.4. The summed E-state index contributed by atoms with van der Waals surface area (Å²) in [5.74, 6) is -0.898. The lowest BCUT2D eigenvalue weighted by molar-refractivity contribution is -0.141. The summed E-state index contributed by atoms with van der Waals surface area (Å²) in [5, 5.41) is 18.9. The van der Waals surface area contributed by atoms with Gasteiger partial charge >= 0.3 is 5.97 Å². The number of allylic oxidation sites excluding steroid dienone is 1. The molecule has 3 aliphatic rings. The topological polar surface area (TPSA) is 93.9 Å². The van der Waals surface area contributed by atoms with Crippen LogP contribution in [0.15, 0.2) is 23.8 Å². The van der Waals surface area contributed by atoms with Gasteiger partial charge in [0.1, 0.15) is 0 Å². The summed E-state index contributed by atoms with van der Waals surface area (Å²) < 4.78 is 5.60. The maximum atomic E-state index is 14.5. The Kier molecular flexibility index (Phi) is 10.7. The fourth-order valence-electron chi connectivity index (χ4n) is 6.64. The number of rotatable bonds is 6. The van der Waals surface area contributed by atoms with Crippen LogP contribution < -0.4 is 0 Å². The summed E-state index contributed by atoms with van der Waals surface area (Å²) >= 11 is 0. The van der Waals surface area contributed by atoms with Crippen molar-refractivity contribution in [3.8, 4) is 0 Å². The van der Waals surface area contributed by atoms with E-state index in [2.05, 4.69) is 52.5 Å². The van der Waals surface area contributed by atoms with Crippen LogP contribution in [0.3, 0.4) is 0 Å². The van der Waals surface area contributed by atoms with Gasteiger partial charge in [-0.1, -0.05) is 66.7 Å². The molecule has 0 aromatic carbocycles. The molecule has 0 aromatic rings. The van der Waals surface area contributed by atoms with E-state index in [9.17, 15) is 14.7 Å². The minimum absolute atomic E-state index is 0.0200. The third kappa shape index (κ3) is 8.20. The lowest BCUT2D eigenvalue weighted by Gasteiger charge is -2.46. The number of carbonyl (C=O) groups is 2. The van der Waals surface area contributed by atoms with E-state index < -0.39 is 11.9 Å². The highest BCUT2D eigenvalue weighted by Crippen LogP contribution is 2.41. The van der Waals surface area contributed by atoms with Crippen molar-refractivity contribution in [2.45, 2.75) is 118 Å². The number of ether oxygens (including phenoxy) is 1. The largest absolute Gasteiger partial charge is 0.481 e. The van der Waals surface area contributed by atoms with Gasteiger partial charge in [-0.3, -0.25) is 15.0 Å². The van der Waals surface area contributed by atoms with E-state index in [4.69, 9.17) is 10.1 Å². The van der Waals surface area contributed by atoms with Crippen LogP contribution >= 0.6 is 0 Å². The van der Waals surface area contributed by atoms with Crippen LogP contribution in [0.1, 0.15) is 100 Å². The van der Waals surface area contributed by atoms with Crippen LogP contribution in [0.25, 0.3) is 0 Å². The molecule has 0 bridgehead atoms. The predicted molar refractivity (Wildman–Crippen MR) is 161 cm³/mol. The molecule has 7 nitrogen and oxygen atoms in total. The van der Waals surface area contributed by atoms with Crippen molar-refractivity contribution in [3.63, 3.8) is 0 Å². The van der Waals surface area contributed by atoms with Gasteiger partial charge in [-0.25, -0.2) is 0 Å². The van der Waals surface area contributed by atoms with E-state index in [0.717, 1.165) is 44.1 Å². The Morgan fingerprint density at radius 1 is 1.12 bits per heavy atom. The van der Waals surface area contributed by atoms with Crippen molar-refractivity contribution in [1.29, 1.82) is 5.41 Å². The predicted octanol–water partition coefficient (Wildman–Crippen LogP) is 6.54. The highest BCUT2D eigenvalue weighted by molar-refractivity contribution is 6.36. The van der Waals surface area contributed by atoms with E-state index in [1.54, 1.807) is 0 Å². The molecule has 2 aliphatic carbocycles. The van der Waals surface area contributed by atoms with Crippen molar-refractivity contribution < 1.29 is 19.4 Å². The average Bonchev–Trinajstić information content (AvgIpc) is 3.06. The second kappa shape index (κ2) is 13.2. The van der Waals surface area contributed by atoms with Crippen molar-refractivity contribution in [2.75, 3.05) is 19.8 Å². The third-order valence-corrected chi connectivity index (χ3v) is 9.41. The molecule has 7 heteroatoms. The van der Waals surface area contributed by atoms with Gasteiger partial charge in [0.25, 0.3) is 5.91 Å². The Bertz CT molecular complexity index is 965. The van der Waals surface area contributed by atoms with Crippen molar-refractivity contribution in [2.24, 2.45) is 28.6 Å². The van der Waals surface area contributed by atoms with Gasteiger partial charge in [0.15, 0.2) is 5.84 Å². The van der Waals surface area contributed by atoms with E-state index >= 15 is 0 Å². The number of nitrogens with zero attached hydrogens (tertiary/aromatic N) is 2. The number of hydrogen-bond acceptors (Lipinski definition) is 4. The van der Waals surface area contributed by atoms with Gasteiger partial charge in [-0.15, -0.1) is 0 Å². The number of hydrogen-bond donors (Lipinski definition) is 2. The first-order valence-electron chi connectivity index (χ1n) is 15.5. The van der Waals surface area contributed by atoms with Crippen LogP contribution in [-0.4, -0.2) is 70.5 Å². The molecule has 1 aliphatic heterocycles. The van der Waals surface area contributed by atoms with Gasteiger partial charge in [0, 0.05) is 12.6 Å². The van der Waals surface area contributed by atoms with Gasteiger partial charge in [-0.2, -0.15) is 0 Å². The standard InChI is InChI=1S/C33H55N3O4/c1-22-9-10-24(11-16-27(22)31(38)39)28(17-18-32(3,4)5)36(26-14-12-25(13-15-26)33(6,7)8)30(37)29(34)35-19-20-40-21-23(35)2/h10-11,16,22-23,25-28,34H,9,12-15,17-21H2,1-8H3,(H,38,39). The average molecular weight is 558 g/mol. The number of amidine groups is 1. The molecular formula is C33H55N3O4. The summed E-state index contributed by atoms with van der Waals surface area (Å²) in [7, 11) is 0. The molecule has 40 heavy (non-hydrogen) atoms. The number of morpholine rings is 1. The van der Waals surface area contributed by atoms with E-state index in [1.165, 1.54) is 0 Å². The second-order valence-corrected chi connectivity index (χ2v) is 14.8. The lowest BCUT2D eigenvalue weighted by atomic mass is 9.71. The third-order valence-electron chi connectivity index (χ3n) is 9.41. The maximum absolute atomic E-state index is 14.5. The molecule has 3 rings (SSSR count). The minimum Gasteiger partial charge on any atom is -0.481 e. The fraction of sp³-hybridized carbons (Fsp3) is 0.788. The Hall–Kier alpha value is -2.15. The maximum Gasteiger partial charge on any atom is 0.310 e. The van der Waals surface area contributed by atoms with Gasteiger partial charge in [-0.05, 0) is 80.1 Å². The Balaban J connectivity index is 2.02. The van der Waals surface area contributed by atoms with Gasteiger partial charge in [0.2, 0.25) is 0 Å². The van der Waals surface area contributed by atoms with Gasteiger partial charge in [0.05, 0.1) is 31.2 Å². The molecule has 1 amide bonds. The molecule has 1 saturated carbocycles. The molecule has 4 unspecified atom stereocenters. The van der Waals surface area contributed by atoms with E-state index in [1.807, 2.05) is 30.9 Å². The van der Waals surface area contributed by atoms with Crippen LogP contribution in [0.4, 0.5) is 0 Å². The molecule has 1 saturated heterocycles. The zero-order chi connectivity index (χ0) is 29.8. The zero-order valence-corrected chi connectivity index (χ0v) is 26.3. The number of nitrogens with one attached hydrogen (secondary N) is 1. The fourth-order valence-corrected chi connectivity index (χ4v) is 6.64. The normalized spacial score (nSPS) is 28.9. The van der Waals surface area contributed by atoms with Crippen LogP contribution in [0.5, 0.6) is 0 Å². The highest BCUT2D eigenvalue weighted by atomic mass is 16.5. The summed E-state index contributed by atoms with van der Waals surface area (Å²) in [6.07, 6.45) is 12.3. The van der Waals surface area contributed by atoms with Crippen LogP contribution in [0, 0.1) is 34.0 Å². The molecule has 0 aromatic heterocycles. The number of carbonyl (C=O) groups excluding carboxylic acids is 1. The molecule has 2 N–H and O–H groups in total. The van der Waals surface area contributed by atoms with Gasteiger partial charge < -0.3 is 19.6 Å². The van der Waals surface area contributed by atoms with Crippen LogP contribution in [-0.2, 0) is 14.3 Å². The summed E-state index contributed by atoms with van der Waals surface area (Å²) in [5.41, 5.74) is 1.33. The number of aliphatic carboxylic acids is 1. The minimum atomic E-state index is -0.804. The quantitative estimate of drug-likeness (QED) is 0.286. The van der Waals surface area contributed by atoms with Crippen LogP contribution in [0.2, 0.25) is 0 Å². The van der Waals surface area contributed by atoms with E-state index in [0.29, 0.717) is 32.1 Å². The van der Waals surface area contributed by atoms with E-state index in [-0.39, 0.29) is 46.6 Å². The molecule has 4 atom stereocenters. The first kappa shape index (κ1) is 32.4. The molecule has 226 valence electrons. The molecule has 1 heterocycles. The highest BCUT2D eigenvalue weighted by Gasteiger charge is 2.41. The molecule has 0 radical (unpaired) electrons. The molecule has 0 spiro atoms. The smallest absolute Gasteiger partial charge is 0.310 e. The number of carboxylic acids is 1. The first-order chi connectivity index (χ1) is 18.6. The molecule has 2 fully saturated rings. The molecular weight excluding hydrogens is 502 g/mol. The monoisotopic (exact) mass is 557 g/mol. The Morgan fingerprint density at radius 2 is 1.77 bits per heavy atom.